The fourth-order valence-electron chi connectivity index (χ4n) is 2.63. The van der Waals surface area contributed by atoms with E-state index < -0.39 is 5.54 Å². The van der Waals surface area contributed by atoms with Crippen molar-refractivity contribution in [3.63, 3.8) is 0 Å². The molecule has 0 aromatic carbocycles. The summed E-state index contributed by atoms with van der Waals surface area (Å²) in [5, 5.41) is 12.2. The van der Waals surface area contributed by atoms with Crippen molar-refractivity contribution in [2.24, 2.45) is 11.8 Å². The van der Waals surface area contributed by atoms with Crippen LogP contribution in [0.15, 0.2) is 0 Å². The first-order chi connectivity index (χ1) is 8.52. The van der Waals surface area contributed by atoms with Crippen LogP contribution in [-0.4, -0.2) is 35.3 Å². The van der Waals surface area contributed by atoms with Crippen molar-refractivity contribution < 1.29 is 9.59 Å². The van der Waals surface area contributed by atoms with E-state index in [4.69, 9.17) is 5.26 Å². The van der Waals surface area contributed by atoms with Crippen molar-refractivity contribution in [2.75, 3.05) is 13.1 Å². The second kappa shape index (κ2) is 4.69. The number of hydrogen-bond acceptors (Lipinski definition) is 4. The molecule has 0 radical (unpaired) electrons. The van der Waals surface area contributed by atoms with Crippen LogP contribution >= 0.6 is 0 Å². The summed E-state index contributed by atoms with van der Waals surface area (Å²) in [6, 6.07) is 2.25. The third-order valence-corrected chi connectivity index (χ3v) is 3.83. The summed E-state index contributed by atoms with van der Waals surface area (Å²) in [4.78, 5) is 24.8. The molecule has 1 aliphatic heterocycles. The monoisotopic (exact) mass is 249 g/mol. The minimum atomic E-state index is -0.566. The molecule has 1 aliphatic carbocycles. The fraction of sp³-hybridized carbons (Fsp3) is 0.769. The second-order valence-electron chi connectivity index (χ2n) is 5.35. The van der Waals surface area contributed by atoms with Gasteiger partial charge in [0.1, 0.15) is 5.54 Å². The van der Waals surface area contributed by atoms with Crippen molar-refractivity contribution in [1.29, 1.82) is 5.26 Å². The van der Waals surface area contributed by atoms with Crippen LogP contribution in [0.4, 0.5) is 0 Å². The van der Waals surface area contributed by atoms with E-state index in [0.717, 1.165) is 13.0 Å². The maximum Gasteiger partial charge on any atom is 0.233 e. The molecule has 98 valence electrons. The van der Waals surface area contributed by atoms with Gasteiger partial charge in [0.2, 0.25) is 11.8 Å². The number of carbonyl (C=O) groups excluding carboxylic acids is 2. The zero-order chi connectivity index (χ0) is 13.3. The van der Waals surface area contributed by atoms with Gasteiger partial charge < -0.3 is 0 Å². The molecule has 18 heavy (non-hydrogen) atoms. The zero-order valence-electron chi connectivity index (χ0n) is 10.9. The normalized spacial score (nSPS) is 28.8. The molecule has 3 atom stereocenters. The molecule has 0 bridgehead atoms. The third kappa shape index (κ3) is 2.25. The number of piperidine rings is 1. The summed E-state index contributed by atoms with van der Waals surface area (Å²) in [7, 11) is 0. The van der Waals surface area contributed by atoms with Gasteiger partial charge in [-0.2, -0.15) is 5.26 Å². The standard InChI is InChI=1S/C13H19N3O2/c1-3-15-13(2,8-14)5-4-6-16-11(17)9-7-10(9)12(16)18/h9-10,15H,3-7H2,1-2H3. The number of hydrogen-bond donors (Lipinski definition) is 1. The second-order valence-corrected chi connectivity index (χ2v) is 5.35. The number of rotatable bonds is 6. The highest BCUT2D eigenvalue weighted by Gasteiger charge is 2.58. The Balaban J connectivity index is 1.81. The van der Waals surface area contributed by atoms with Crippen LogP contribution in [0.1, 0.15) is 33.1 Å². The van der Waals surface area contributed by atoms with Gasteiger partial charge in [-0.1, -0.05) is 6.92 Å². The molecule has 5 nitrogen and oxygen atoms in total. The van der Waals surface area contributed by atoms with Gasteiger partial charge in [-0.25, -0.2) is 0 Å². The van der Waals surface area contributed by atoms with Crippen LogP contribution in [0.5, 0.6) is 0 Å². The molecule has 5 heteroatoms. The Bertz CT molecular complexity index is 395. The van der Waals surface area contributed by atoms with E-state index in [2.05, 4.69) is 11.4 Å². The van der Waals surface area contributed by atoms with E-state index in [-0.39, 0.29) is 23.7 Å². The quantitative estimate of drug-likeness (QED) is 0.702. The zero-order valence-corrected chi connectivity index (χ0v) is 10.9. The van der Waals surface area contributed by atoms with E-state index in [9.17, 15) is 9.59 Å². The van der Waals surface area contributed by atoms with Crippen LogP contribution in [-0.2, 0) is 9.59 Å². The van der Waals surface area contributed by atoms with Gasteiger partial charge in [0.25, 0.3) is 0 Å². The SMILES string of the molecule is CCNC(C)(C#N)CCCN1C(=O)C2CC2C1=O. The van der Waals surface area contributed by atoms with Crippen molar-refractivity contribution in [1.82, 2.24) is 10.2 Å². The first-order valence-corrected chi connectivity index (χ1v) is 6.54. The van der Waals surface area contributed by atoms with Gasteiger partial charge in [-0.05, 0) is 32.7 Å². The molecule has 2 fully saturated rings. The van der Waals surface area contributed by atoms with E-state index >= 15 is 0 Å². The number of likely N-dealkylation sites (tertiary alicyclic amines) is 1. The minimum absolute atomic E-state index is 0.00730. The lowest BCUT2D eigenvalue weighted by atomic mass is 9.97. The predicted octanol–water partition coefficient (Wildman–Crippen LogP) is 0.663. The highest BCUT2D eigenvalue weighted by molar-refractivity contribution is 6.08. The Hall–Kier alpha value is -1.41. The average molecular weight is 249 g/mol. The van der Waals surface area contributed by atoms with Crippen molar-refractivity contribution in [2.45, 2.75) is 38.6 Å². The van der Waals surface area contributed by atoms with Gasteiger partial charge in [-0.15, -0.1) is 0 Å². The number of nitrogens with zero attached hydrogens (tertiary/aromatic N) is 2. The van der Waals surface area contributed by atoms with Gasteiger partial charge in [-0.3, -0.25) is 19.8 Å². The minimum Gasteiger partial charge on any atom is -0.300 e. The summed E-state index contributed by atoms with van der Waals surface area (Å²) >= 11 is 0. The highest BCUT2D eigenvalue weighted by Crippen LogP contribution is 2.46. The molecular formula is C13H19N3O2. The topological polar surface area (TPSA) is 73.2 Å². The summed E-state index contributed by atoms with van der Waals surface area (Å²) < 4.78 is 0. The van der Waals surface area contributed by atoms with E-state index in [1.165, 1.54) is 4.90 Å². The van der Waals surface area contributed by atoms with Crippen LogP contribution < -0.4 is 5.32 Å². The summed E-state index contributed by atoms with van der Waals surface area (Å²) in [5.74, 6) is -0.0542. The summed E-state index contributed by atoms with van der Waals surface area (Å²) in [6.45, 7) is 4.99. The smallest absolute Gasteiger partial charge is 0.233 e. The maximum atomic E-state index is 11.7. The molecule has 3 unspecified atom stereocenters. The van der Waals surface area contributed by atoms with Crippen LogP contribution in [0.25, 0.3) is 0 Å². The molecule has 2 aliphatic rings. The maximum absolute atomic E-state index is 11.7. The first kappa shape index (κ1) is 13.0. The lowest BCUT2D eigenvalue weighted by molar-refractivity contribution is -0.141. The van der Waals surface area contributed by atoms with Gasteiger partial charge in [0.15, 0.2) is 0 Å². The molecule has 1 N–H and O–H groups in total. The lowest BCUT2D eigenvalue weighted by Gasteiger charge is -2.24. The fourth-order valence-corrected chi connectivity index (χ4v) is 2.63. The van der Waals surface area contributed by atoms with Crippen LogP contribution in [0.3, 0.4) is 0 Å². The summed E-state index contributed by atoms with van der Waals surface area (Å²) in [6.07, 6.45) is 2.07. The van der Waals surface area contributed by atoms with E-state index in [1.807, 2.05) is 13.8 Å². The Kier molecular flexibility index (Phi) is 3.40. The number of nitrogens with one attached hydrogen (secondary N) is 1. The first-order valence-electron chi connectivity index (χ1n) is 6.54. The number of imide groups is 1. The van der Waals surface area contributed by atoms with E-state index in [1.54, 1.807) is 0 Å². The lowest BCUT2D eigenvalue weighted by Crippen LogP contribution is -2.42. The molecule has 1 heterocycles. The Morgan fingerprint density at radius 1 is 1.44 bits per heavy atom. The Morgan fingerprint density at radius 2 is 2.06 bits per heavy atom. The number of nitriles is 1. The number of fused-ring (bicyclic) bond motifs is 1. The molecule has 0 aromatic rings. The Morgan fingerprint density at radius 3 is 2.56 bits per heavy atom. The Labute approximate surface area is 107 Å². The molecular weight excluding hydrogens is 230 g/mol. The van der Waals surface area contributed by atoms with Crippen molar-refractivity contribution in [3.05, 3.63) is 0 Å². The highest BCUT2D eigenvalue weighted by atomic mass is 16.2. The molecule has 0 aromatic heterocycles. The summed E-state index contributed by atoms with van der Waals surface area (Å²) in [5.41, 5.74) is -0.566. The van der Waals surface area contributed by atoms with Crippen LogP contribution in [0.2, 0.25) is 0 Å². The molecule has 0 spiro atoms. The largest absolute Gasteiger partial charge is 0.300 e. The van der Waals surface area contributed by atoms with Gasteiger partial charge in [0.05, 0.1) is 17.9 Å². The predicted molar refractivity (Wildman–Crippen MR) is 65.2 cm³/mol. The molecule has 2 amide bonds. The average Bonchev–Trinajstić information content (AvgIpc) is 3.09. The van der Waals surface area contributed by atoms with Crippen molar-refractivity contribution >= 4 is 11.8 Å². The van der Waals surface area contributed by atoms with Gasteiger partial charge >= 0.3 is 0 Å². The van der Waals surface area contributed by atoms with Gasteiger partial charge in [0, 0.05) is 6.54 Å². The number of carbonyl (C=O) groups is 2. The van der Waals surface area contributed by atoms with E-state index in [0.29, 0.717) is 19.4 Å². The molecule has 1 saturated heterocycles. The van der Waals surface area contributed by atoms with Crippen LogP contribution in [0, 0.1) is 23.2 Å². The molecule has 1 saturated carbocycles. The third-order valence-electron chi connectivity index (χ3n) is 3.83. The molecule has 2 rings (SSSR count). The number of amides is 2. The van der Waals surface area contributed by atoms with Crippen molar-refractivity contribution in [3.8, 4) is 6.07 Å².